The molecule has 0 aromatic heterocycles. The summed E-state index contributed by atoms with van der Waals surface area (Å²) in [6.45, 7) is 3.77. The van der Waals surface area contributed by atoms with Gasteiger partial charge in [0, 0.05) is 48.9 Å². The maximum atomic E-state index is 13.3. The summed E-state index contributed by atoms with van der Waals surface area (Å²) in [6.07, 6.45) is -7.19. The lowest BCUT2D eigenvalue weighted by Gasteiger charge is -2.34. The Hall–Kier alpha value is -4.20. The predicted molar refractivity (Wildman–Crippen MR) is 150 cm³/mol. The van der Waals surface area contributed by atoms with Crippen LogP contribution in [0.3, 0.4) is 0 Å². The van der Waals surface area contributed by atoms with Gasteiger partial charge in [0.25, 0.3) is 0 Å². The molecule has 2 aliphatic rings. The summed E-state index contributed by atoms with van der Waals surface area (Å²) in [5.41, 5.74) is 1.13. The maximum absolute atomic E-state index is 13.3. The third-order valence-electron chi connectivity index (χ3n) is 7.26. The van der Waals surface area contributed by atoms with Crippen LogP contribution in [0, 0.1) is 5.92 Å². The van der Waals surface area contributed by atoms with Gasteiger partial charge >= 0.3 is 12.2 Å². The fourth-order valence-corrected chi connectivity index (χ4v) is 4.75. The van der Waals surface area contributed by atoms with Crippen molar-refractivity contribution >= 4 is 29.2 Å². The number of benzene rings is 2. The molecule has 11 nitrogen and oxygen atoms in total. The molecule has 0 spiro atoms. The summed E-state index contributed by atoms with van der Waals surface area (Å²) in [6, 6.07) is 8.63. The molecule has 2 aromatic rings. The minimum absolute atomic E-state index is 0.103. The Morgan fingerprint density at radius 1 is 1.09 bits per heavy atom. The third kappa shape index (κ3) is 8.43. The second-order valence-corrected chi connectivity index (χ2v) is 10.8. The Labute approximate surface area is 246 Å². The fourth-order valence-electron chi connectivity index (χ4n) is 4.75. The van der Waals surface area contributed by atoms with Crippen molar-refractivity contribution in [2.24, 2.45) is 5.92 Å². The van der Waals surface area contributed by atoms with Gasteiger partial charge in [-0.3, -0.25) is 9.59 Å². The highest BCUT2D eigenvalue weighted by molar-refractivity contribution is 5.91. The summed E-state index contributed by atoms with van der Waals surface area (Å²) in [4.78, 5) is 41.5. The van der Waals surface area contributed by atoms with E-state index in [0.717, 1.165) is 0 Å². The number of nitrogens with zero attached hydrogens (tertiary/aromatic N) is 2. The zero-order valence-electron chi connectivity index (χ0n) is 24.1. The number of carbonyl (C=O) groups excluding carboxylic acids is 3. The van der Waals surface area contributed by atoms with E-state index in [1.54, 1.807) is 38.2 Å². The lowest BCUT2D eigenvalue weighted by molar-refractivity contribution is -0.142. The normalized spacial score (nSPS) is 18.9. The van der Waals surface area contributed by atoms with Gasteiger partial charge in [-0.2, -0.15) is 13.2 Å². The summed E-state index contributed by atoms with van der Waals surface area (Å²) in [7, 11) is 1.60. The van der Waals surface area contributed by atoms with Crippen LogP contribution in [-0.4, -0.2) is 84.6 Å². The number of ether oxygens (including phenoxy) is 3. The quantitative estimate of drug-likeness (QED) is 0.413. The molecule has 2 heterocycles. The number of aliphatic hydroxyl groups excluding tert-OH is 1. The number of aliphatic hydroxyl groups is 1. The lowest BCUT2D eigenvalue weighted by atomic mass is 10.0. The number of anilines is 2. The van der Waals surface area contributed by atoms with Crippen molar-refractivity contribution in [2.75, 3.05) is 44.2 Å². The van der Waals surface area contributed by atoms with E-state index in [9.17, 15) is 32.7 Å². The highest BCUT2D eigenvalue weighted by Gasteiger charge is 2.32. The SMILES string of the molecule is C[C@@H]1CN([C@@H](C)CO)C(=O)Cc2cc(NC(=O)CCC(F)(F)F)ccc2O[C@@H]1CN(C)C(=O)Nc1ccc2c(c1)OCO2. The first-order chi connectivity index (χ1) is 20.3. The number of halogens is 3. The van der Waals surface area contributed by atoms with Gasteiger partial charge in [-0.05, 0) is 37.3 Å². The number of likely N-dealkylation sites (N-methyl/N-ethyl adjacent to an activating group) is 1. The van der Waals surface area contributed by atoms with Crippen LogP contribution in [0.4, 0.5) is 29.3 Å². The highest BCUT2D eigenvalue weighted by Crippen LogP contribution is 2.34. The zero-order chi connectivity index (χ0) is 31.3. The molecular formula is C29H35F3N4O7. The first-order valence-electron chi connectivity index (χ1n) is 13.8. The Morgan fingerprint density at radius 3 is 2.47 bits per heavy atom. The fraction of sp³-hybridized carbons (Fsp3) is 0.483. The number of fused-ring (bicyclic) bond motifs is 2. The van der Waals surface area contributed by atoms with Crippen LogP contribution in [0.15, 0.2) is 36.4 Å². The van der Waals surface area contributed by atoms with Gasteiger partial charge in [0.1, 0.15) is 11.9 Å². The van der Waals surface area contributed by atoms with Crippen molar-refractivity contribution < 1.29 is 46.9 Å². The molecule has 0 aliphatic carbocycles. The number of urea groups is 1. The summed E-state index contributed by atoms with van der Waals surface area (Å²) >= 11 is 0. The number of hydrogen-bond acceptors (Lipinski definition) is 7. The van der Waals surface area contributed by atoms with Crippen molar-refractivity contribution in [3.05, 3.63) is 42.0 Å². The van der Waals surface area contributed by atoms with Crippen molar-refractivity contribution in [1.29, 1.82) is 0 Å². The van der Waals surface area contributed by atoms with Crippen LogP contribution >= 0.6 is 0 Å². The molecule has 0 radical (unpaired) electrons. The highest BCUT2D eigenvalue weighted by atomic mass is 19.4. The molecule has 0 unspecified atom stereocenters. The molecule has 0 saturated heterocycles. The molecule has 43 heavy (non-hydrogen) atoms. The number of hydrogen-bond donors (Lipinski definition) is 3. The maximum Gasteiger partial charge on any atom is 0.389 e. The zero-order valence-corrected chi connectivity index (χ0v) is 24.1. The molecule has 0 saturated carbocycles. The number of rotatable bonds is 8. The Balaban J connectivity index is 1.53. The first kappa shape index (κ1) is 31.7. The molecule has 3 N–H and O–H groups in total. The standard InChI is InChI=1S/C29H35F3N4O7/c1-17-13-36(18(2)15-37)27(39)11-19-10-20(33-26(38)8-9-29(30,31)32)4-6-22(19)43-25(17)14-35(3)28(40)34-21-5-7-23-24(12-21)42-16-41-23/h4-7,10,12,17-18,25,37H,8-9,11,13-16H2,1-3H3,(H,33,38)(H,34,40)/t17-,18+,25-/m1/s1. The van der Waals surface area contributed by atoms with Crippen molar-refractivity contribution in [3.63, 3.8) is 0 Å². The minimum atomic E-state index is -4.46. The van der Waals surface area contributed by atoms with E-state index >= 15 is 0 Å². The average Bonchev–Trinajstić information content (AvgIpc) is 3.43. The van der Waals surface area contributed by atoms with Crippen LogP contribution < -0.4 is 24.8 Å². The Morgan fingerprint density at radius 2 is 1.77 bits per heavy atom. The number of alkyl halides is 3. The molecule has 4 rings (SSSR count). The molecule has 234 valence electrons. The van der Waals surface area contributed by atoms with E-state index in [4.69, 9.17) is 14.2 Å². The topological polar surface area (TPSA) is 130 Å². The summed E-state index contributed by atoms with van der Waals surface area (Å²) in [5, 5.41) is 15.1. The van der Waals surface area contributed by atoms with Gasteiger partial charge in [-0.1, -0.05) is 6.92 Å². The molecule has 0 bridgehead atoms. The molecule has 2 aromatic carbocycles. The smallest absolute Gasteiger partial charge is 0.389 e. The largest absolute Gasteiger partial charge is 0.488 e. The van der Waals surface area contributed by atoms with E-state index in [1.807, 2.05) is 6.92 Å². The van der Waals surface area contributed by atoms with Gasteiger partial charge in [-0.25, -0.2) is 4.79 Å². The molecule has 2 aliphatic heterocycles. The number of amides is 4. The summed E-state index contributed by atoms with van der Waals surface area (Å²) < 4.78 is 54.7. The third-order valence-corrected chi connectivity index (χ3v) is 7.26. The van der Waals surface area contributed by atoms with Crippen LogP contribution in [-0.2, 0) is 16.0 Å². The van der Waals surface area contributed by atoms with Crippen molar-refractivity contribution in [2.45, 2.75) is 51.4 Å². The van der Waals surface area contributed by atoms with Gasteiger partial charge in [0.05, 0.1) is 32.0 Å². The summed E-state index contributed by atoms with van der Waals surface area (Å²) in [5.74, 6) is 0.0353. The molecule has 4 amide bonds. The van der Waals surface area contributed by atoms with Gasteiger partial charge in [-0.15, -0.1) is 0 Å². The van der Waals surface area contributed by atoms with Gasteiger partial charge in [0.15, 0.2) is 11.5 Å². The van der Waals surface area contributed by atoms with Crippen molar-refractivity contribution in [3.8, 4) is 17.2 Å². The monoisotopic (exact) mass is 608 g/mol. The lowest BCUT2D eigenvalue weighted by Crippen LogP contribution is -2.48. The Bertz CT molecular complexity index is 1340. The second kappa shape index (κ2) is 13.4. The number of nitrogens with one attached hydrogen (secondary N) is 2. The first-order valence-corrected chi connectivity index (χ1v) is 13.8. The van der Waals surface area contributed by atoms with E-state index in [1.165, 1.54) is 21.9 Å². The van der Waals surface area contributed by atoms with Crippen LogP contribution in [0.5, 0.6) is 17.2 Å². The molecule has 0 fully saturated rings. The molecule has 3 atom stereocenters. The Kier molecular flexibility index (Phi) is 9.89. The van der Waals surface area contributed by atoms with Crippen molar-refractivity contribution in [1.82, 2.24) is 9.80 Å². The van der Waals surface area contributed by atoms with E-state index in [0.29, 0.717) is 28.5 Å². The van der Waals surface area contributed by atoms with E-state index < -0.39 is 43.1 Å². The number of carbonyl (C=O) groups is 3. The van der Waals surface area contributed by atoms with E-state index in [2.05, 4.69) is 10.6 Å². The van der Waals surface area contributed by atoms with Crippen LogP contribution in [0.1, 0.15) is 32.3 Å². The minimum Gasteiger partial charge on any atom is -0.488 e. The van der Waals surface area contributed by atoms with Gasteiger partial charge < -0.3 is 39.8 Å². The average molecular weight is 609 g/mol. The molecular weight excluding hydrogens is 573 g/mol. The molecule has 14 heteroatoms. The predicted octanol–water partition coefficient (Wildman–Crippen LogP) is 4.01. The van der Waals surface area contributed by atoms with Gasteiger partial charge in [0.2, 0.25) is 18.6 Å². The van der Waals surface area contributed by atoms with Crippen LogP contribution in [0.25, 0.3) is 0 Å². The van der Waals surface area contributed by atoms with Crippen LogP contribution in [0.2, 0.25) is 0 Å². The van der Waals surface area contributed by atoms with E-state index in [-0.39, 0.29) is 50.4 Å². The second-order valence-electron chi connectivity index (χ2n) is 10.8.